The SMILES string of the molecule is CCC(C)(C)CC(C)OC(C)=O. The summed E-state index contributed by atoms with van der Waals surface area (Å²) in [6.45, 7) is 9.93. The maximum absolute atomic E-state index is 10.6. The minimum atomic E-state index is -0.186. The Bertz CT molecular complexity index is 150. The zero-order chi connectivity index (χ0) is 9.78. The second kappa shape index (κ2) is 4.48. The Morgan fingerprint density at radius 2 is 2.00 bits per heavy atom. The molecule has 0 aliphatic rings. The molecule has 0 spiro atoms. The Morgan fingerprint density at radius 1 is 1.50 bits per heavy atom. The molecule has 0 saturated heterocycles. The molecule has 0 aromatic carbocycles. The lowest BCUT2D eigenvalue weighted by atomic mass is 9.84. The first-order chi connectivity index (χ1) is 5.37. The molecule has 0 heterocycles. The molecule has 0 aromatic rings. The quantitative estimate of drug-likeness (QED) is 0.609. The van der Waals surface area contributed by atoms with Crippen LogP contribution in [0.1, 0.15) is 47.5 Å². The van der Waals surface area contributed by atoms with Crippen molar-refractivity contribution in [3.05, 3.63) is 0 Å². The van der Waals surface area contributed by atoms with E-state index in [4.69, 9.17) is 4.74 Å². The van der Waals surface area contributed by atoms with Gasteiger partial charge in [0.2, 0.25) is 0 Å². The number of hydrogen-bond acceptors (Lipinski definition) is 2. The lowest BCUT2D eigenvalue weighted by Crippen LogP contribution is -2.21. The molecule has 0 aliphatic carbocycles. The standard InChI is InChI=1S/C10H20O2/c1-6-10(4,5)7-8(2)12-9(3)11/h8H,6-7H2,1-5H3. The predicted molar refractivity (Wildman–Crippen MR) is 49.9 cm³/mol. The summed E-state index contributed by atoms with van der Waals surface area (Å²) in [6.07, 6.45) is 2.08. The van der Waals surface area contributed by atoms with Crippen LogP contribution in [0.3, 0.4) is 0 Å². The van der Waals surface area contributed by atoms with Crippen molar-refractivity contribution >= 4 is 5.97 Å². The van der Waals surface area contributed by atoms with Crippen LogP contribution in [0.5, 0.6) is 0 Å². The van der Waals surface area contributed by atoms with E-state index in [2.05, 4.69) is 20.8 Å². The van der Waals surface area contributed by atoms with Crippen molar-refractivity contribution in [2.75, 3.05) is 0 Å². The van der Waals surface area contributed by atoms with E-state index < -0.39 is 0 Å². The van der Waals surface area contributed by atoms with E-state index in [0.717, 1.165) is 12.8 Å². The van der Waals surface area contributed by atoms with Crippen molar-refractivity contribution in [1.29, 1.82) is 0 Å². The zero-order valence-corrected chi connectivity index (χ0v) is 8.81. The van der Waals surface area contributed by atoms with Crippen molar-refractivity contribution in [1.82, 2.24) is 0 Å². The van der Waals surface area contributed by atoms with Gasteiger partial charge in [-0.05, 0) is 18.8 Å². The maximum atomic E-state index is 10.6. The van der Waals surface area contributed by atoms with E-state index in [0.29, 0.717) is 0 Å². The average Bonchev–Trinajstić information content (AvgIpc) is 1.84. The van der Waals surface area contributed by atoms with Gasteiger partial charge in [0, 0.05) is 6.92 Å². The van der Waals surface area contributed by atoms with Crippen molar-refractivity contribution in [3.8, 4) is 0 Å². The Kier molecular flexibility index (Phi) is 4.29. The molecular formula is C10H20O2. The van der Waals surface area contributed by atoms with Gasteiger partial charge in [-0.3, -0.25) is 4.79 Å². The third-order valence-corrected chi connectivity index (χ3v) is 2.16. The summed E-state index contributed by atoms with van der Waals surface area (Å²) >= 11 is 0. The Balaban J connectivity index is 3.83. The molecule has 0 N–H and O–H groups in total. The number of carbonyl (C=O) groups is 1. The van der Waals surface area contributed by atoms with Crippen LogP contribution in [0.2, 0.25) is 0 Å². The van der Waals surface area contributed by atoms with Gasteiger partial charge >= 0.3 is 5.97 Å². The average molecular weight is 172 g/mol. The zero-order valence-electron chi connectivity index (χ0n) is 8.81. The lowest BCUT2D eigenvalue weighted by Gasteiger charge is -2.25. The molecule has 0 aliphatic heterocycles. The largest absolute Gasteiger partial charge is 0.463 e. The van der Waals surface area contributed by atoms with E-state index in [-0.39, 0.29) is 17.5 Å². The number of ether oxygens (including phenoxy) is 1. The first-order valence-corrected chi connectivity index (χ1v) is 4.54. The number of hydrogen-bond donors (Lipinski definition) is 0. The molecule has 0 saturated carbocycles. The van der Waals surface area contributed by atoms with Crippen LogP contribution in [-0.4, -0.2) is 12.1 Å². The fourth-order valence-corrected chi connectivity index (χ4v) is 1.25. The van der Waals surface area contributed by atoms with Crippen LogP contribution in [0, 0.1) is 5.41 Å². The fourth-order valence-electron chi connectivity index (χ4n) is 1.25. The van der Waals surface area contributed by atoms with E-state index >= 15 is 0 Å². The lowest BCUT2D eigenvalue weighted by molar-refractivity contribution is -0.146. The molecule has 0 rings (SSSR count). The smallest absolute Gasteiger partial charge is 0.302 e. The van der Waals surface area contributed by atoms with Crippen molar-refractivity contribution in [2.45, 2.75) is 53.6 Å². The predicted octanol–water partition coefficient (Wildman–Crippen LogP) is 2.76. The summed E-state index contributed by atoms with van der Waals surface area (Å²) in [7, 11) is 0. The molecular weight excluding hydrogens is 152 g/mol. The van der Waals surface area contributed by atoms with Gasteiger partial charge in [-0.2, -0.15) is 0 Å². The van der Waals surface area contributed by atoms with Gasteiger partial charge in [-0.1, -0.05) is 27.2 Å². The Hall–Kier alpha value is -0.530. The normalized spacial score (nSPS) is 14.1. The summed E-state index contributed by atoms with van der Waals surface area (Å²) in [5.41, 5.74) is 0.273. The van der Waals surface area contributed by atoms with Crippen LogP contribution in [0.25, 0.3) is 0 Å². The Labute approximate surface area is 75.3 Å². The molecule has 0 radical (unpaired) electrons. The topological polar surface area (TPSA) is 26.3 Å². The van der Waals surface area contributed by atoms with Crippen molar-refractivity contribution in [3.63, 3.8) is 0 Å². The number of esters is 1. The monoisotopic (exact) mass is 172 g/mol. The van der Waals surface area contributed by atoms with E-state index in [1.165, 1.54) is 6.92 Å². The number of carbonyl (C=O) groups excluding carboxylic acids is 1. The highest BCUT2D eigenvalue weighted by molar-refractivity contribution is 5.66. The van der Waals surface area contributed by atoms with Gasteiger partial charge in [0.25, 0.3) is 0 Å². The van der Waals surface area contributed by atoms with Gasteiger partial charge in [0.1, 0.15) is 0 Å². The highest BCUT2D eigenvalue weighted by atomic mass is 16.5. The molecule has 0 aromatic heterocycles. The van der Waals surface area contributed by atoms with Gasteiger partial charge in [0.15, 0.2) is 0 Å². The fraction of sp³-hybridized carbons (Fsp3) is 0.900. The van der Waals surface area contributed by atoms with Crippen LogP contribution >= 0.6 is 0 Å². The third kappa shape index (κ3) is 5.16. The molecule has 0 amide bonds. The molecule has 2 nitrogen and oxygen atoms in total. The maximum Gasteiger partial charge on any atom is 0.302 e. The minimum Gasteiger partial charge on any atom is -0.463 e. The molecule has 2 heteroatoms. The Morgan fingerprint density at radius 3 is 2.33 bits per heavy atom. The summed E-state index contributed by atoms with van der Waals surface area (Å²) in [5.74, 6) is -0.186. The van der Waals surface area contributed by atoms with Crippen LogP contribution in [0.15, 0.2) is 0 Å². The van der Waals surface area contributed by atoms with Crippen molar-refractivity contribution < 1.29 is 9.53 Å². The molecule has 12 heavy (non-hydrogen) atoms. The first kappa shape index (κ1) is 11.5. The second-order valence-electron chi connectivity index (χ2n) is 4.14. The minimum absolute atomic E-state index is 0.0393. The van der Waals surface area contributed by atoms with Crippen LogP contribution in [0.4, 0.5) is 0 Å². The second-order valence-corrected chi connectivity index (χ2v) is 4.14. The summed E-state index contributed by atoms with van der Waals surface area (Å²) in [5, 5.41) is 0. The first-order valence-electron chi connectivity index (χ1n) is 4.54. The summed E-state index contributed by atoms with van der Waals surface area (Å²) in [4.78, 5) is 10.6. The molecule has 1 unspecified atom stereocenters. The number of rotatable bonds is 4. The van der Waals surface area contributed by atoms with E-state index in [1.54, 1.807) is 0 Å². The highest BCUT2D eigenvalue weighted by Gasteiger charge is 2.20. The molecule has 0 fully saturated rings. The van der Waals surface area contributed by atoms with E-state index in [1.807, 2.05) is 6.92 Å². The van der Waals surface area contributed by atoms with Crippen molar-refractivity contribution in [2.24, 2.45) is 5.41 Å². The summed E-state index contributed by atoms with van der Waals surface area (Å²) in [6, 6.07) is 0. The summed E-state index contributed by atoms with van der Waals surface area (Å²) < 4.78 is 5.05. The van der Waals surface area contributed by atoms with Gasteiger partial charge < -0.3 is 4.74 Å². The molecule has 0 bridgehead atoms. The van der Waals surface area contributed by atoms with Gasteiger partial charge in [-0.15, -0.1) is 0 Å². The van der Waals surface area contributed by atoms with Crippen LogP contribution in [-0.2, 0) is 9.53 Å². The third-order valence-electron chi connectivity index (χ3n) is 2.16. The van der Waals surface area contributed by atoms with Gasteiger partial charge in [-0.25, -0.2) is 0 Å². The molecule has 1 atom stereocenters. The highest BCUT2D eigenvalue weighted by Crippen LogP contribution is 2.26. The molecule has 72 valence electrons. The van der Waals surface area contributed by atoms with E-state index in [9.17, 15) is 4.79 Å². The van der Waals surface area contributed by atoms with Gasteiger partial charge in [0.05, 0.1) is 6.10 Å². The van der Waals surface area contributed by atoms with Crippen LogP contribution < -0.4 is 0 Å².